The van der Waals surface area contributed by atoms with Gasteiger partial charge in [-0.1, -0.05) is 19.4 Å². The number of allylic oxidation sites excluding steroid dienone is 1. The highest BCUT2D eigenvalue weighted by Crippen LogP contribution is 2.06. The quantitative estimate of drug-likeness (QED) is 0.276. The van der Waals surface area contributed by atoms with Crippen molar-refractivity contribution in [1.82, 2.24) is 0 Å². The van der Waals surface area contributed by atoms with E-state index in [1.165, 1.54) is 0 Å². The van der Waals surface area contributed by atoms with E-state index in [0.29, 0.717) is 6.73 Å². The Kier molecular flexibility index (Phi) is 7.90. The van der Waals surface area contributed by atoms with Crippen molar-refractivity contribution in [1.29, 1.82) is 0 Å². The summed E-state index contributed by atoms with van der Waals surface area (Å²) in [6.45, 7) is 12.0. The Morgan fingerprint density at radius 3 is 2.12 bits per heavy atom. The number of carbonyl (C=O) groups is 1. The Morgan fingerprint density at radius 2 is 1.69 bits per heavy atom. The molecule has 0 unspecified atom stereocenters. The first kappa shape index (κ1) is 15.2. The van der Waals surface area contributed by atoms with Crippen LogP contribution < -0.4 is 0 Å². The van der Waals surface area contributed by atoms with Crippen molar-refractivity contribution >= 4 is 5.97 Å². The highest BCUT2D eigenvalue weighted by Gasteiger charge is 2.21. The van der Waals surface area contributed by atoms with Gasteiger partial charge in [0.25, 0.3) is 0 Å². The molecule has 0 saturated heterocycles. The van der Waals surface area contributed by atoms with Gasteiger partial charge in [-0.25, -0.2) is 4.79 Å². The van der Waals surface area contributed by atoms with Crippen molar-refractivity contribution in [2.24, 2.45) is 0 Å². The minimum absolute atomic E-state index is 0.216. The predicted octanol–water partition coefficient (Wildman–Crippen LogP) is 2.72. The summed E-state index contributed by atoms with van der Waals surface area (Å²) in [7, 11) is 0. The molecule has 0 heterocycles. The third-order valence-electron chi connectivity index (χ3n) is 3.20. The van der Waals surface area contributed by atoms with Crippen molar-refractivity contribution in [2.75, 3.05) is 26.4 Å². The van der Waals surface area contributed by atoms with E-state index in [4.69, 9.17) is 4.74 Å². The summed E-state index contributed by atoms with van der Waals surface area (Å²) >= 11 is 0. The minimum atomic E-state index is -0.216. The van der Waals surface area contributed by atoms with Crippen LogP contribution in [0.2, 0.25) is 0 Å². The molecule has 0 aromatic heterocycles. The molecule has 0 fully saturated rings. The SMILES string of the molecule is CCC/C=C/C(=O)OC[N+](CC)(CC)CC. The summed E-state index contributed by atoms with van der Waals surface area (Å²) in [6.07, 6.45) is 5.41. The summed E-state index contributed by atoms with van der Waals surface area (Å²) in [5.74, 6) is -0.216. The Labute approximate surface area is 99.7 Å². The molecular formula is C13H26NO2+. The van der Waals surface area contributed by atoms with Gasteiger partial charge in [0, 0.05) is 6.08 Å². The van der Waals surface area contributed by atoms with E-state index in [1.54, 1.807) is 6.08 Å². The lowest BCUT2D eigenvalue weighted by Gasteiger charge is -2.34. The molecule has 0 atom stereocenters. The van der Waals surface area contributed by atoms with Gasteiger partial charge in [0.1, 0.15) is 0 Å². The predicted molar refractivity (Wildman–Crippen MR) is 66.9 cm³/mol. The average Bonchev–Trinajstić information content (AvgIpc) is 2.32. The molecule has 3 nitrogen and oxygen atoms in total. The Morgan fingerprint density at radius 1 is 1.12 bits per heavy atom. The van der Waals surface area contributed by atoms with Gasteiger partial charge in [-0.15, -0.1) is 0 Å². The van der Waals surface area contributed by atoms with E-state index in [1.807, 2.05) is 6.08 Å². The summed E-state index contributed by atoms with van der Waals surface area (Å²) in [5.41, 5.74) is 0. The third-order valence-corrected chi connectivity index (χ3v) is 3.20. The molecule has 0 spiro atoms. The fraction of sp³-hybridized carbons (Fsp3) is 0.769. The number of esters is 1. The molecule has 16 heavy (non-hydrogen) atoms. The Hall–Kier alpha value is -0.830. The average molecular weight is 228 g/mol. The second-order valence-corrected chi connectivity index (χ2v) is 4.07. The summed E-state index contributed by atoms with van der Waals surface area (Å²) < 4.78 is 6.11. The van der Waals surface area contributed by atoms with Gasteiger partial charge in [-0.2, -0.15) is 0 Å². The lowest BCUT2D eigenvalue weighted by Crippen LogP contribution is -2.49. The summed E-state index contributed by atoms with van der Waals surface area (Å²) in [6, 6.07) is 0. The zero-order valence-electron chi connectivity index (χ0n) is 11.2. The van der Waals surface area contributed by atoms with Crippen molar-refractivity contribution in [3.63, 3.8) is 0 Å². The normalized spacial score (nSPS) is 12.0. The Balaban J connectivity index is 4.06. The highest BCUT2D eigenvalue weighted by molar-refractivity contribution is 5.81. The first-order chi connectivity index (χ1) is 7.64. The summed E-state index contributed by atoms with van der Waals surface area (Å²) in [4.78, 5) is 11.4. The van der Waals surface area contributed by atoms with E-state index in [0.717, 1.165) is 37.0 Å². The number of hydrogen-bond acceptors (Lipinski definition) is 2. The van der Waals surface area contributed by atoms with Crippen LogP contribution in [0.1, 0.15) is 40.5 Å². The highest BCUT2D eigenvalue weighted by atomic mass is 16.5. The van der Waals surface area contributed by atoms with E-state index in [2.05, 4.69) is 27.7 Å². The minimum Gasteiger partial charge on any atom is -0.412 e. The number of unbranched alkanes of at least 4 members (excludes halogenated alkanes) is 1. The lowest BCUT2D eigenvalue weighted by atomic mass is 10.3. The number of hydrogen-bond donors (Lipinski definition) is 0. The molecule has 0 bridgehead atoms. The Bertz CT molecular complexity index is 212. The molecule has 0 saturated carbocycles. The molecular weight excluding hydrogens is 202 g/mol. The van der Waals surface area contributed by atoms with Gasteiger partial charge in [-0.3, -0.25) is 4.48 Å². The second-order valence-electron chi connectivity index (χ2n) is 4.07. The second kappa shape index (κ2) is 8.34. The van der Waals surface area contributed by atoms with E-state index >= 15 is 0 Å². The molecule has 0 aliphatic carbocycles. The molecule has 0 aliphatic rings. The first-order valence-electron chi connectivity index (χ1n) is 6.32. The number of carbonyl (C=O) groups excluding carboxylic acids is 1. The van der Waals surface area contributed by atoms with Crippen LogP contribution in [0, 0.1) is 0 Å². The van der Waals surface area contributed by atoms with E-state index in [-0.39, 0.29) is 5.97 Å². The number of rotatable bonds is 8. The first-order valence-corrected chi connectivity index (χ1v) is 6.32. The van der Waals surface area contributed by atoms with Crippen molar-refractivity contribution in [3.05, 3.63) is 12.2 Å². The van der Waals surface area contributed by atoms with Gasteiger partial charge in [0.05, 0.1) is 19.6 Å². The maximum Gasteiger partial charge on any atom is 0.334 e. The molecule has 0 rings (SSSR count). The third kappa shape index (κ3) is 5.31. The number of nitrogens with zero attached hydrogens (tertiary/aromatic N) is 1. The van der Waals surface area contributed by atoms with Crippen LogP contribution in [-0.2, 0) is 9.53 Å². The maximum absolute atomic E-state index is 11.4. The van der Waals surface area contributed by atoms with Gasteiger partial charge in [0.15, 0.2) is 0 Å². The standard InChI is InChI=1S/C13H26NO2/c1-5-9-10-11-13(15)16-12-14(6-2,7-3)8-4/h10-11H,5-9,12H2,1-4H3/q+1/b11-10+. The van der Waals surface area contributed by atoms with Crippen LogP contribution in [0.15, 0.2) is 12.2 Å². The van der Waals surface area contributed by atoms with Gasteiger partial charge in [-0.05, 0) is 27.2 Å². The van der Waals surface area contributed by atoms with Crippen LogP contribution in [-0.4, -0.2) is 36.8 Å². The largest absolute Gasteiger partial charge is 0.412 e. The molecule has 0 aromatic carbocycles. The van der Waals surface area contributed by atoms with Crippen molar-refractivity contribution < 1.29 is 14.0 Å². The lowest BCUT2D eigenvalue weighted by molar-refractivity contribution is -0.938. The molecule has 0 radical (unpaired) electrons. The fourth-order valence-electron chi connectivity index (χ4n) is 1.54. The molecule has 0 amide bonds. The molecule has 3 heteroatoms. The van der Waals surface area contributed by atoms with Crippen LogP contribution in [0.25, 0.3) is 0 Å². The number of quaternary nitrogens is 1. The molecule has 0 aliphatic heterocycles. The van der Waals surface area contributed by atoms with Gasteiger partial charge < -0.3 is 4.74 Å². The molecule has 94 valence electrons. The zero-order chi connectivity index (χ0) is 12.4. The van der Waals surface area contributed by atoms with Crippen LogP contribution in [0.3, 0.4) is 0 Å². The smallest absolute Gasteiger partial charge is 0.334 e. The zero-order valence-corrected chi connectivity index (χ0v) is 11.2. The van der Waals surface area contributed by atoms with Gasteiger partial charge in [0.2, 0.25) is 6.73 Å². The van der Waals surface area contributed by atoms with Gasteiger partial charge >= 0.3 is 5.97 Å². The topological polar surface area (TPSA) is 26.3 Å². The van der Waals surface area contributed by atoms with Crippen molar-refractivity contribution in [3.8, 4) is 0 Å². The fourth-order valence-corrected chi connectivity index (χ4v) is 1.54. The van der Waals surface area contributed by atoms with Crippen LogP contribution in [0.4, 0.5) is 0 Å². The summed E-state index contributed by atoms with van der Waals surface area (Å²) in [5, 5.41) is 0. The van der Waals surface area contributed by atoms with E-state index < -0.39 is 0 Å². The van der Waals surface area contributed by atoms with Crippen LogP contribution >= 0.6 is 0 Å². The van der Waals surface area contributed by atoms with E-state index in [9.17, 15) is 4.79 Å². The maximum atomic E-state index is 11.4. The number of ether oxygens (including phenoxy) is 1. The molecule has 0 N–H and O–H groups in total. The van der Waals surface area contributed by atoms with Crippen LogP contribution in [0.5, 0.6) is 0 Å². The monoisotopic (exact) mass is 228 g/mol. The van der Waals surface area contributed by atoms with Crippen molar-refractivity contribution in [2.45, 2.75) is 40.5 Å². The molecule has 0 aromatic rings.